The number of imidazole rings is 1. The summed E-state index contributed by atoms with van der Waals surface area (Å²) >= 11 is 0. The summed E-state index contributed by atoms with van der Waals surface area (Å²) in [6.45, 7) is 1.02. The molecule has 0 atom stereocenters. The van der Waals surface area contributed by atoms with E-state index in [0.717, 1.165) is 37.8 Å². The van der Waals surface area contributed by atoms with Gasteiger partial charge in [-0.15, -0.1) is 0 Å². The van der Waals surface area contributed by atoms with Crippen molar-refractivity contribution in [2.75, 3.05) is 6.54 Å². The Balaban J connectivity index is 1.47. The van der Waals surface area contributed by atoms with Crippen LogP contribution in [0, 0.1) is 5.82 Å². The van der Waals surface area contributed by atoms with Gasteiger partial charge in [0.25, 0.3) is 11.8 Å². The second-order valence-corrected chi connectivity index (χ2v) is 7.18. The van der Waals surface area contributed by atoms with Crippen LogP contribution < -0.4 is 10.6 Å². The third-order valence-corrected chi connectivity index (χ3v) is 5.09. The predicted octanol–water partition coefficient (Wildman–Crippen LogP) is 2.22. The fourth-order valence-corrected chi connectivity index (χ4v) is 3.47. The van der Waals surface area contributed by atoms with Gasteiger partial charge in [0.1, 0.15) is 11.5 Å². The number of fused-ring (bicyclic) bond motifs is 1. The normalized spacial score (nSPS) is 15.9. The van der Waals surface area contributed by atoms with Gasteiger partial charge in [-0.1, -0.05) is 18.2 Å². The molecule has 7 heteroatoms. The summed E-state index contributed by atoms with van der Waals surface area (Å²) in [5, 5.41) is 5.76. The van der Waals surface area contributed by atoms with Crippen molar-refractivity contribution in [2.45, 2.75) is 51.1 Å². The Hall–Kier alpha value is -2.70. The highest BCUT2D eigenvalue weighted by atomic mass is 19.1. The molecular weight excluding hydrogens is 347 g/mol. The Bertz CT molecular complexity index is 873. The maximum atomic E-state index is 13.7. The van der Waals surface area contributed by atoms with Crippen LogP contribution in [0.5, 0.6) is 0 Å². The zero-order valence-electron chi connectivity index (χ0n) is 15.1. The van der Waals surface area contributed by atoms with Gasteiger partial charge in [0.2, 0.25) is 0 Å². The Morgan fingerprint density at radius 2 is 2.00 bits per heavy atom. The summed E-state index contributed by atoms with van der Waals surface area (Å²) in [5.41, 5.74) is 1.71. The van der Waals surface area contributed by atoms with E-state index in [-0.39, 0.29) is 23.7 Å². The monoisotopic (exact) mass is 370 g/mol. The van der Waals surface area contributed by atoms with Crippen LogP contribution in [0.25, 0.3) is 0 Å². The molecule has 6 nitrogen and oxygen atoms in total. The highest BCUT2D eigenvalue weighted by Crippen LogP contribution is 2.23. The first kappa shape index (κ1) is 17.7. The number of nitrogens with one attached hydrogen (secondary N) is 2. The number of carbonyl (C=O) groups is 2. The largest absolute Gasteiger partial charge is 0.350 e. The molecule has 0 unspecified atom stereocenters. The number of rotatable bonds is 6. The topological polar surface area (TPSA) is 76.0 Å². The molecule has 27 heavy (non-hydrogen) atoms. The van der Waals surface area contributed by atoms with Crippen molar-refractivity contribution in [3.63, 3.8) is 0 Å². The minimum atomic E-state index is -0.303. The number of halogens is 1. The van der Waals surface area contributed by atoms with Gasteiger partial charge in [-0.2, -0.15) is 0 Å². The van der Waals surface area contributed by atoms with Crippen molar-refractivity contribution < 1.29 is 14.0 Å². The van der Waals surface area contributed by atoms with Gasteiger partial charge in [-0.3, -0.25) is 9.59 Å². The molecule has 2 N–H and O–H groups in total. The first-order valence-electron chi connectivity index (χ1n) is 9.55. The quantitative estimate of drug-likeness (QED) is 0.819. The van der Waals surface area contributed by atoms with Gasteiger partial charge in [0, 0.05) is 19.1 Å². The standard InChI is InChI=1S/C20H23FN4O2/c21-15-6-2-1-5-13(15)10-11-22-19(26)17-16-7-3-4-12-25(16)18(24-17)20(27)23-14-8-9-14/h1-2,5-6,14H,3-4,7-12H2,(H,22,26)(H,23,27). The second-order valence-electron chi connectivity index (χ2n) is 7.18. The summed E-state index contributed by atoms with van der Waals surface area (Å²) in [7, 11) is 0. The molecule has 1 aromatic heterocycles. The lowest BCUT2D eigenvalue weighted by Crippen LogP contribution is -2.29. The molecule has 1 aliphatic heterocycles. The molecule has 2 amide bonds. The van der Waals surface area contributed by atoms with Gasteiger partial charge in [-0.05, 0) is 50.2 Å². The fourth-order valence-electron chi connectivity index (χ4n) is 3.47. The maximum Gasteiger partial charge on any atom is 0.287 e. The van der Waals surface area contributed by atoms with E-state index in [4.69, 9.17) is 0 Å². The molecular formula is C20H23FN4O2. The summed E-state index contributed by atoms with van der Waals surface area (Å²) in [5.74, 6) is -0.450. The smallest absolute Gasteiger partial charge is 0.287 e. The molecule has 4 rings (SSSR count). The molecule has 0 spiro atoms. The predicted molar refractivity (Wildman–Crippen MR) is 98.1 cm³/mol. The van der Waals surface area contributed by atoms with Crippen molar-refractivity contribution in [1.82, 2.24) is 20.2 Å². The SMILES string of the molecule is O=C(NCCc1ccccc1F)c1nc(C(=O)NC2CC2)n2c1CCCC2. The van der Waals surface area contributed by atoms with Gasteiger partial charge in [-0.25, -0.2) is 9.37 Å². The lowest BCUT2D eigenvalue weighted by atomic mass is 10.1. The molecule has 0 bridgehead atoms. The van der Waals surface area contributed by atoms with Crippen LogP contribution in [0.3, 0.4) is 0 Å². The number of amides is 2. The Kier molecular flexibility index (Phi) is 4.92. The Morgan fingerprint density at radius 3 is 2.78 bits per heavy atom. The van der Waals surface area contributed by atoms with Crippen LogP contribution in [-0.2, 0) is 19.4 Å². The van der Waals surface area contributed by atoms with Crippen LogP contribution in [0.1, 0.15) is 58.0 Å². The Labute approximate surface area is 157 Å². The average Bonchev–Trinajstić information content (AvgIpc) is 3.40. The molecule has 0 radical (unpaired) electrons. The van der Waals surface area contributed by atoms with E-state index in [1.54, 1.807) is 18.2 Å². The summed E-state index contributed by atoms with van der Waals surface area (Å²) in [4.78, 5) is 29.5. The molecule has 2 aromatic rings. The number of carbonyl (C=O) groups excluding carboxylic acids is 2. The van der Waals surface area contributed by atoms with Crippen molar-refractivity contribution >= 4 is 11.8 Å². The van der Waals surface area contributed by atoms with E-state index in [1.807, 2.05) is 4.57 Å². The van der Waals surface area contributed by atoms with Crippen LogP contribution in [0.15, 0.2) is 24.3 Å². The molecule has 1 saturated carbocycles. The van der Waals surface area contributed by atoms with Gasteiger partial charge >= 0.3 is 0 Å². The lowest BCUT2D eigenvalue weighted by Gasteiger charge is -2.17. The first-order valence-corrected chi connectivity index (χ1v) is 9.55. The molecule has 142 valence electrons. The van der Waals surface area contributed by atoms with Crippen LogP contribution in [-0.4, -0.2) is 34.0 Å². The highest BCUT2D eigenvalue weighted by molar-refractivity contribution is 5.97. The van der Waals surface area contributed by atoms with Crippen molar-refractivity contribution in [2.24, 2.45) is 0 Å². The summed E-state index contributed by atoms with van der Waals surface area (Å²) in [6.07, 6.45) is 5.10. The highest BCUT2D eigenvalue weighted by Gasteiger charge is 2.30. The molecule has 1 aliphatic carbocycles. The summed E-state index contributed by atoms with van der Waals surface area (Å²) < 4.78 is 15.6. The van der Waals surface area contributed by atoms with Crippen molar-refractivity contribution in [3.8, 4) is 0 Å². The second kappa shape index (κ2) is 7.50. The van der Waals surface area contributed by atoms with E-state index >= 15 is 0 Å². The minimum absolute atomic E-state index is 0.203. The molecule has 2 aliphatic rings. The lowest BCUT2D eigenvalue weighted by molar-refractivity contribution is 0.0935. The third kappa shape index (κ3) is 3.86. The molecule has 1 aromatic carbocycles. The number of nitrogens with zero attached hydrogens (tertiary/aromatic N) is 2. The van der Waals surface area contributed by atoms with Crippen LogP contribution in [0.2, 0.25) is 0 Å². The number of aromatic nitrogens is 2. The van der Waals surface area contributed by atoms with Crippen molar-refractivity contribution in [3.05, 3.63) is 52.9 Å². The van der Waals surface area contributed by atoms with Gasteiger partial charge in [0.05, 0.1) is 5.69 Å². The van der Waals surface area contributed by atoms with E-state index < -0.39 is 0 Å². The van der Waals surface area contributed by atoms with E-state index in [0.29, 0.717) is 36.6 Å². The molecule has 1 fully saturated rings. The van der Waals surface area contributed by atoms with Gasteiger partial charge < -0.3 is 15.2 Å². The van der Waals surface area contributed by atoms with E-state index in [9.17, 15) is 14.0 Å². The minimum Gasteiger partial charge on any atom is -0.350 e. The van der Waals surface area contributed by atoms with Crippen molar-refractivity contribution in [1.29, 1.82) is 0 Å². The average molecular weight is 370 g/mol. The first-order chi connectivity index (χ1) is 13.1. The van der Waals surface area contributed by atoms with E-state index in [1.165, 1.54) is 6.07 Å². The fraction of sp³-hybridized carbons (Fsp3) is 0.450. The zero-order valence-corrected chi connectivity index (χ0v) is 15.1. The summed E-state index contributed by atoms with van der Waals surface area (Å²) in [6, 6.07) is 6.78. The number of hydrogen-bond donors (Lipinski definition) is 2. The molecule has 0 saturated heterocycles. The molecule has 2 heterocycles. The number of benzene rings is 1. The van der Waals surface area contributed by atoms with Gasteiger partial charge in [0.15, 0.2) is 5.82 Å². The van der Waals surface area contributed by atoms with E-state index in [2.05, 4.69) is 15.6 Å². The van der Waals surface area contributed by atoms with Crippen LogP contribution >= 0.6 is 0 Å². The zero-order chi connectivity index (χ0) is 18.8. The Morgan fingerprint density at radius 1 is 1.19 bits per heavy atom. The van der Waals surface area contributed by atoms with Crippen LogP contribution in [0.4, 0.5) is 4.39 Å². The number of hydrogen-bond acceptors (Lipinski definition) is 3. The third-order valence-electron chi connectivity index (χ3n) is 5.09. The maximum absolute atomic E-state index is 13.7.